The molecule has 1 N–H and O–H groups in total. The van der Waals surface area contributed by atoms with Crippen LogP contribution in [-0.2, 0) is 26.3 Å². The van der Waals surface area contributed by atoms with E-state index in [-0.39, 0.29) is 18.3 Å². The van der Waals surface area contributed by atoms with Crippen molar-refractivity contribution in [3.05, 3.63) is 59.8 Å². The molecule has 0 spiro atoms. The van der Waals surface area contributed by atoms with Gasteiger partial charge in [0.05, 0.1) is 18.2 Å². The normalized spacial score (nSPS) is 16.8. The van der Waals surface area contributed by atoms with E-state index in [4.69, 9.17) is 9.15 Å². The fourth-order valence-corrected chi connectivity index (χ4v) is 3.42. The molecule has 1 saturated carbocycles. The summed E-state index contributed by atoms with van der Waals surface area (Å²) in [7, 11) is 0. The van der Waals surface area contributed by atoms with Gasteiger partial charge in [-0.1, -0.05) is 25.0 Å². The van der Waals surface area contributed by atoms with E-state index in [9.17, 15) is 14.0 Å². The first-order valence-electron chi connectivity index (χ1n) is 8.78. The highest BCUT2D eigenvalue weighted by molar-refractivity contribution is 5.88. The molecule has 2 aromatic rings. The van der Waals surface area contributed by atoms with Crippen molar-refractivity contribution in [3.8, 4) is 0 Å². The molecule has 0 bridgehead atoms. The molecule has 1 aliphatic carbocycles. The molecule has 0 unspecified atom stereocenters. The summed E-state index contributed by atoms with van der Waals surface area (Å²) in [6.07, 6.45) is 3.67. The third-order valence-electron chi connectivity index (χ3n) is 4.91. The summed E-state index contributed by atoms with van der Waals surface area (Å²) in [6.45, 7) is 1.78. The van der Waals surface area contributed by atoms with E-state index in [0.717, 1.165) is 18.4 Å². The van der Waals surface area contributed by atoms with E-state index in [2.05, 4.69) is 5.32 Å². The third-order valence-corrected chi connectivity index (χ3v) is 4.91. The average Bonchev–Trinajstić information content (AvgIpc) is 3.32. The standard InChI is InChI=1S/C20H22FNO4/c1-14(18(23)22-13-17-5-4-12-25-17)26-19(24)20(10-2-3-11-20)15-6-8-16(21)9-7-15/h4-9,12,14H,2-3,10-11,13H2,1H3,(H,22,23)/t14-/m1/s1. The number of hydrogen-bond acceptors (Lipinski definition) is 4. The minimum absolute atomic E-state index is 0.233. The largest absolute Gasteiger partial charge is 0.467 e. The van der Waals surface area contributed by atoms with Crippen LogP contribution in [0, 0.1) is 5.82 Å². The zero-order valence-electron chi connectivity index (χ0n) is 14.7. The number of carbonyl (C=O) groups excluding carboxylic acids is 2. The Morgan fingerprint density at radius 1 is 1.23 bits per heavy atom. The van der Waals surface area contributed by atoms with Crippen molar-refractivity contribution >= 4 is 11.9 Å². The zero-order valence-corrected chi connectivity index (χ0v) is 14.7. The molecular formula is C20H22FNO4. The third kappa shape index (κ3) is 3.79. The highest BCUT2D eigenvalue weighted by Gasteiger charge is 2.45. The number of ether oxygens (including phenoxy) is 1. The summed E-state index contributed by atoms with van der Waals surface area (Å²) >= 11 is 0. The Hall–Kier alpha value is -2.63. The minimum atomic E-state index is -0.921. The lowest BCUT2D eigenvalue weighted by Gasteiger charge is -2.28. The maximum absolute atomic E-state index is 13.2. The number of rotatable bonds is 6. The summed E-state index contributed by atoms with van der Waals surface area (Å²) in [6, 6.07) is 9.44. The monoisotopic (exact) mass is 359 g/mol. The topological polar surface area (TPSA) is 68.5 Å². The van der Waals surface area contributed by atoms with Crippen LogP contribution in [0.15, 0.2) is 47.1 Å². The molecule has 1 aliphatic rings. The van der Waals surface area contributed by atoms with Crippen LogP contribution < -0.4 is 5.32 Å². The quantitative estimate of drug-likeness (QED) is 0.802. The van der Waals surface area contributed by atoms with Gasteiger partial charge in [-0.2, -0.15) is 0 Å². The van der Waals surface area contributed by atoms with Crippen LogP contribution in [0.1, 0.15) is 43.9 Å². The maximum atomic E-state index is 13.2. The second-order valence-electron chi connectivity index (χ2n) is 6.64. The van der Waals surface area contributed by atoms with E-state index in [1.165, 1.54) is 18.4 Å². The maximum Gasteiger partial charge on any atom is 0.317 e. The Kier molecular flexibility index (Phi) is 5.40. The first-order chi connectivity index (χ1) is 12.5. The Labute approximate surface area is 151 Å². The summed E-state index contributed by atoms with van der Waals surface area (Å²) in [4.78, 5) is 25.1. The van der Waals surface area contributed by atoms with Crippen LogP contribution >= 0.6 is 0 Å². The minimum Gasteiger partial charge on any atom is -0.467 e. The Bertz CT molecular complexity index is 749. The number of carbonyl (C=O) groups is 2. The molecule has 1 fully saturated rings. The van der Waals surface area contributed by atoms with E-state index in [1.807, 2.05) is 0 Å². The van der Waals surface area contributed by atoms with Crippen molar-refractivity contribution in [1.29, 1.82) is 0 Å². The van der Waals surface area contributed by atoms with Crippen LogP contribution in [0.2, 0.25) is 0 Å². The van der Waals surface area contributed by atoms with Crippen LogP contribution in [0.25, 0.3) is 0 Å². The van der Waals surface area contributed by atoms with Gasteiger partial charge >= 0.3 is 5.97 Å². The lowest BCUT2D eigenvalue weighted by atomic mass is 9.79. The number of furan rings is 1. The second kappa shape index (κ2) is 7.72. The van der Waals surface area contributed by atoms with Crippen molar-refractivity contribution in [3.63, 3.8) is 0 Å². The van der Waals surface area contributed by atoms with Gasteiger partial charge in [0, 0.05) is 0 Å². The predicted molar refractivity (Wildman–Crippen MR) is 92.7 cm³/mol. The molecule has 0 radical (unpaired) electrons. The predicted octanol–water partition coefficient (Wildman–Crippen LogP) is 3.48. The highest BCUT2D eigenvalue weighted by Crippen LogP contribution is 2.42. The summed E-state index contributed by atoms with van der Waals surface area (Å²) in [5.74, 6) is -0.541. The van der Waals surface area contributed by atoms with Crippen molar-refractivity contribution in [1.82, 2.24) is 5.32 Å². The van der Waals surface area contributed by atoms with E-state index >= 15 is 0 Å². The second-order valence-corrected chi connectivity index (χ2v) is 6.64. The molecular weight excluding hydrogens is 337 g/mol. The van der Waals surface area contributed by atoms with Gasteiger partial charge in [0.25, 0.3) is 5.91 Å². The molecule has 0 saturated heterocycles. The van der Waals surface area contributed by atoms with Crippen molar-refractivity contribution < 1.29 is 23.1 Å². The SMILES string of the molecule is C[C@@H](OC(=O)C1(c2ccc(F)cc2)CCCC1)C(=O)NCc1ccco1. The Morgan fingerprint density at radius 2 is 1.92 bits per heavy atom. The number of halogens is 1. The number of nitrogens with one attached hydrogen (secondary N) is 1. The molecule has 1 aromatic carbocycles. The van der Waals surface area contributed by atoms with Gasteiger partial charge in [0.2, 0.25) is 0 Å². The van der Waals surface area contributed by atoms with Crippen molar-refractivity contribution in [2.24, 2.45) is 0 Å². The van der Waals surface area contributed by atoms with E-state index in [0.29, 0.717) is 18.6 Å². The first-order valence-corrected chi connectivity index (χ1v) is 8.78. The van der Waals surface area contributed by atoms with Crippen LogP contribution in [0.4, 0.5) is 4.39 Å². The van der Waals surface area contributed by atoms with Gasteiger partial charge in [-0.25, -0.2) is 4.39 Å². The molecule has 1 amide bonds. The zero-order chi connectivity index (χ0) is 18.6. The van der Waals surface area contributed by atoms with Crippen LogP contribution in [-0.4, -0.2) is 18.0 Å². The number of benzene rings is 1. The van der Waals surface area contributed by atoms with Crippen LogP contribution in [0.3, 0.4) is 0 Å². The number of amides is 1. The average molecular weight is 359 g/mol. The Morgan fingerprint density at radius 3 is 2.54 bits per heavy atom. The molecule has 1 heterocycles. The molecule has 0 aliphatic heterocycles. The van der Waals surface area contributed by atoms with Gasteiger partial charge in [-0.3, -0.25) is 9.59 Å². The van der Waals surface area contributed by atoms with Gasteiger partial charge in [0.15, 0.2) is 6.10 Å². The van der Waals surface area contributed by atoms with Gasteiger partial charge in [-0.05, 0) is 49.6 Å². The summed E-state index contributed by atoms with van der Waals surface area (Å²) < 4.78 is 23.9. The molecule has 5 nitrogen and oxygen atoms in total. The summed E-state index contributed by atoms with van der Waals surface area (Å²) in [5, 5.41) is 2.68. The highest BCUT2D eigenvalue weighted by atomic mass is 19.1. The van der Waals surface area contributed by atoms with Gasteiger partial charge in [-0.15, -0.1) is 0 Å². The molecule has 1 atom stereocenters. The molecule has 26 heavy (non-hydrogen) atoms. The van der Waals surface area contributed by atoms with E-state index < -0.39 is 17.5 Å². The van der Waals surface area contributed by atoms with Gasteiger partial charge < -0.3 is 14.5 Å². The smallest absolute Gasteiger partial charge is 0.317 e. The van der Waals surface area contributed by atoms with Crippen LogP contribution in [0.5, 0.6) is 0 Å². The fraction of sp³-hybridized carbons (Fsp3) is 0.400. The molecule has 138 valence electrons. The van der Waals surface area contributed by atoms with Gasteiger partial charge in [0.1, 0.15) is 11.6 Å². The first kappa shape index (κ1) is 18.2. The molecule has 1 aromatic heterocycles. The number of hydrogen-bond donors (Lipinski definition) is 1. The number of esters is 1. The lowest BCUT2D eigenvalue weighted by molar-refractivity contribution is -0.160. The Balaban J connectivity index is 1.66. The molecule has 3 rings (SSSR count). The molecule has 6 heteroatoms. The lowest BCUT2D eigenvalue weighted by Crippen LogP contribution is -2.41. The van der Waals surface area contributed by atoms with E-state index in [1.54, 1.807) is 31.2 Å². The van der Waals surface area contributed by atoms with Crippen molar-refractivity contribution in [2.75, 3.05) is 0 Å². The van der Waals surface area contributed by atoms with Crippen molar-refractivity contribution in [2.45, 2.75) is 50.7 Å². The summed E-state index contributed by atoms with van der Waals surface area (Å²) in [5.41, 5.74) is -0.0620. The fourth-order valence-electron chi connectivity index (χ4n) is 3.42.